The Kier molecular flexibility index (Phi) is 3.16. The largest absolute Gasteiger partial charge is 0.497 e. The van der Waals surface area contributed by atoms with Crippen LogP contribution in [0.1, 0.15) is 10.4 Å². The van der Waals surface area contributed by atoms with Gasteiger partial charge >= 0.3 is 5.97 Å². The van der Waals surface area contributed by atoms with Gasteiger partial charge in [0.25, 0.3) is 0 Å². The molecule has 1 aromatic heterocycles. The molecule has 1 N–H and O–H groups in total. The van der Waals surface area contributed by atoms with Crippen LogP contribution in [0.2, 0.25) is 0 Å². The van der Waals surface area contributed by atoms with E-state index in [1.54, 1.807) is 30.6 Å². The van der Waals surface area contributed by atoms with Crippen molar-refractivity contribution < 1.29 is 14.6 Å². The minimum absolute atomic E-state index is 0.325. The number of ether oxygens (including phenoxy) is 1. The Bertz CT molecular complexity index is 789. The first-order chi connectivity index (χ1) is 9.69. The smallest absolute Gasteiger partial charge is 0.336 e. The molecule has 0 spiro atoms. The van der Waals surface area contributed by atoms with Crippen molar-refractivity contribution in [2.75, 3.05) is 7.11 Å². The highest BCUT2D eigenvalue weighted by molar-refractivity contribution is 7.22. The van der Waals surface area contributed by atoms with Crippen molar-refractivity contribution in [3.05, 3.63) is 54.1 Å². The number of carboxylic acid groups (broad SMARTS) is 1. The molecule has 0 saturated heterocycles. The predicted molar refractivity (Wildman–Crippen MR) is 80.8 cm³/mol. The zero-order valence-corrected chi connectivity index (χ0v) is 11.6. The average molecular weight is 284 g/mol. The lowest BCUT2D eigenvalue weighted by molar-refractivity contribution is 0.0698. The summed E-state index contributed by atoms with van der Waals surface area (Å²) in [6, 6.07) is 14.9. The van der Waals surface area contributed by atoms with Crippen LogP contribution in [-0.4, -0.2) is 18.2 Å². The molecule has 0 aliphatic carbocycles. The second kappa shape index (κ2) is 4.98. The molecule has 20 heavy (non-hydrogen) atoms. The van der Waals surface area contributed by atoms with Crippen LogP contribution >= 0.6 is 11.3 Å². The van der Waals surface area contributed by atoms with Crippen molar-refractivity contribution in [1.82, 2.24) is 0 Å². The van der Waals surface area contributed by atoms with Crippen LogP contribution in [0.5, 0.6) is 5.75 Å². The highest BCUT2D eigenvalue weighted by Gasteiger charge is 2.13. The van der Waals surface area contributed by atoms with Crippen LogP contribution in [0.3, 0.4) is 0 Å². The molecule has 100 valence electrons. The average Bonchev–Trinajstić information content (AvgIpc) is 2.89. The number of fused-ring (bicyclic) bond motifs is 1. The van der Waals surface area contributed by atoms with Crippen LogP contribution < -0.4 is 4.74 Å². The number of aromatic carboxylic acids is 1. The zero-order chi connectivity index (χ0) is 14.1. The van der Waals surface area contributed by atoms with Crippen LogP contribution in [0.25, 0.3) is 20.5 Å². The molecular weight excluding hydrogens is 272 g/mol. The van der Waals surface area contributed by atoms with Crippen molar-refractivity contribution in [3.8, 4) is 16.2 Å². The molecule has 4 heteroatoms. The van der Waals surface area contributed by atoms with Crippen LogP contribution in [0.4, 0.5) is 0 Å². The molecule has 0 aliphatic rings. The van der Waals surface area contributed by atoms with E-state index >= 15 is 0 Å². The number of hydrogen-bond acceptors (Lipinski definition) is 3. The van der Waals surface area contributed by atoms with Crippen LogP contribution in [-0.2, 0) is 0 Å². The van der Waals surface area contributed by atoms with Crippen molar-refractivity contribution in [2.24, 2.45) is 0 Å². The molecular formula is C16H12O3S. The van der Waals surface area contributed by atoms with E-state index in [1.807, 2.05) is 36.4 Å². The molecule has 1 heterocycles. The van der Waals surface area contributed by atoms with Crippen molar-refractivity contribution in [2.45, 2.75) is 0 Å². The number of hydrogen-bond donors (Lipinski definition) is 1. The van der Waals surface area contributed by atoms with Gasteiger partial charge in [-0.15, -0.1) is 11.3 Å². The number of methoxy groups -OCH3 is 1. The van der Waals surface area contributed by atoms with Gasteiger partial charge in [-0.1, -0.05) is 18.2 Å². The van der Waals surface area contributed by atoms with Gasteiger partial charge in [-0.05, 0) is 35.7 Å². The number of thiophene rings is 1. The topological polar surface area (TPSA) is 46.5 Å². The Morgan fingerprint density at radius 2 is 1.95 bits per heavy atom. The summed E-state index contributed by atoms with van der Waals surface area (Å²) in [5, 5.41) is 10.4. The lowest BCUT2D eigenvalue weighted by atomic mass is 10.1. The van der Waals surface area contributed by atoms with Gasteiger partial charge in [0, 0.05) is 15.1 Å². The molecule has 0 amide bonds. The van der Waals surface area contributed by atoms with Gasteiger partial charge < -0.3 is 9.84 Å². The lowest BCUT2D eigenvalue weighted by Gasteiger charge is -2.02. The highest BCUT2D eigenvalue weighted by Crippen LogP contribution is 2.36. The third-order valence-electron chi connectivity index (χ3n) is 3.15. The maximum Gasteiger partial charge on any atom is 0.336 e. The fourth-order valence-corrected chi connectivity index (χ4v) is 3.29. The van der Waals surface area contributed by atoms with Crippen molar-refractivity contribution in [1.29, 1.82) is 0 Å². The Balaban J connectivity index is 2.18. The maximum atomic E-state index is 11.3. The first-order valence-electron chi connectivity index (χ1n) is 6.09. The van der Waals surface area contributed by atoms with Gasteiger partial charge in [-0.3, -0.25) is 0 Å². The summed E-state index contributed by atoms with van der Waals surface area (Å²) in [7, 11) is 1.63. The summed E-state index contributed by atoms with van der Waals surface area (Å²) >= 11 is 1.57. The van der Waals surface area contributed by atoms with Gasteiger partial charge in [-0.2, -0.15) is 0 Å². The summed E-state index contributed by atoms with van der Waals surface area (Å²) in [6.45, 7) is 0. The van der Waals surface area contributed by atoms with E-state index in [2.05, 4.69) is 0 Å². The molecule has 3 rings (SSSR count). The first kappa shape index (κ1) is 12.7. The molecule has 3 nitrogen and oxygen atoms in total. The fraction of sp³-hybridized carbons (Fsp3) is 0.0625. The summed E-state index contributed by atoms with van der Waals surface area (Å²) in [4.78, 5) is 12.2. The number of carboxylic acids is 1. The van der Waals surface area contributed by atoms with E-state index in [0.29, 0.717) is 5.56 Å². The van der Waals surface area contributed by atoms with E-state index in [-0.39, 0.29) is 0 Å². The number of rotatable bonds is 3. The normalized spacial score (nSPS) is 10.7. The summed E-state index contributed by atoms with van der Waals surface area (Å²) in [5.41, 5.74) is 1.08. The number of benzene rings is 2. The van der Waals surface area contributed by atoms with E-state index < -0.39 is 5.97 Å². The third-order valence-corrected chi connectivity index (χ3v) is 4.28. The summed E-state index contributed by atoms with van der Waals surface area (Å²) < 4.78 is 6.29. The second-order valence-electron chi connectivity index (χ2n) is 4.37. The molecule has 0 aliphatic heterocycles. The number of carbonyl (C=O) groups is 1. The first-order valence-corrected chi connectivity index (χ1v) is 6.91. The predicted octanol–water partition coefficient (Wildman–Crippen LogP) is 4.28. The van der Waals surface area contributed by atoms with Gasteiger partial charge in [0.1, 0.15) is 5.75 Å². The van der Waals surface area contributed by atoms with Crippen molar-refractivity contribution >= 4 is 27.4 Å². The zero-order valence-electron chi connectivity index (χ0n) is 10.8. The van der Waals surface area contributed by atoms with Gasteiger partial charge in [0.15, 0.2) is 0 Å². The quantitative estimate of drug-likeness (QED) is 0.781. The molecule has 0 bridgehead atoms. The Morgan fingerprint density at radius 3 is 2.70 bits per heavy atom. The molecule has 0 atom stereocenters. The van der Waals surface area contributed by atoms with Crippen LogP contribution in [0, 0.1) is 0 Å². The standard InChI is InChI=1S/C16H12O3S/c1-19-11-7-6-10-8-15(20-14(10)9-11)12-4-2-3-5-13(12)16(17)18/h2-9H,1H3,(H,17,18). The summed E-state index contributed by atoms with van der Waals surface area (Å²) in [5.74, 6) is -0.104. The van der Waals surface area contributed by atoms with Gasteiger partial charge in [0.2, 0.25) is 0 Å². The van der Waals surface area contributed by atoms with E-state index in [4.69, 9.17) is 4.74 Å². The summed E-state index contributed by atoms with van der Waals surface area (Å²) in [6.07, 6.45) is 0. The highest BCUT2D eigenvalue weighted by atomic mass is 32.1. The SMILES string of the molecule is COc1ccc2cc(-c3ccccc3C(=O)O)sc2c1. The Morgan fingerprint density at radius 1 is 1.15 bits per heavy atom. The second-order valence-corrected chi connectivity index (χ2v) is 5.45. The van der Waals surface area contributed by atoms with Gasteiger partial charge in [0.05, 0.1) is 12.7 Å². The molecule has 3 aromatic rings. The molecule has 2 aromatic carbocycles. The van der Waals surface area contributed by atoms with Crippen LogP contribution in [0.15, 0.2) is 48.5 Å². The Hall–Kier alpha value is -2.33. The minimum Gasteiger partial charge on any atom is -0.497 e. The van der Waals surface area contributed by atoms with Crippen molar-refractivity contribution in [3.63, 3.8) is 0 Å². The Labute approximate surface area is 120 Å². The van der Waals surface area contributed by atoms with E-state index in [9.17, 15) is 9.90 Å². The van der Waals surface area contributed by atoms with E-state index in [0.717, 1.165) is 26.3 Å². The maximum absolute atomic E-state index is 11.3. The van der Waals surface area contributed by atoms with E-state index in [1.165, 1.54) is 0 Å². The lowest BCUT2D eigenvalue weighted by Crippen LogP contribution is -1.97. The molecule has 0 unspecified atom stereocenters. The monoisotopic (exact) mass is 284 g/mol. The minimum atomic E-state index is -0.907. The van der Waals surface area contributed by atoms with Gasteiger partial charge in [-0.25, -0.2) is 4.79 Å². The fourth-order valence-electron chi connectivity index (χ4n) is 2.16. The third kappa shape index (κ3) is 2.14. The molecule has 0 saturated carbocycles. The molecule has 0 radical (unpaired) electrons. The molecule has 0 fully saturated rings.